The van der Waals surface area contributed by atoms with Crippen LogP contribution in [0.1, 0.15) is 50.6 Å². The van der Waals surface area contributed by atoms with E-state index in [0.29, 0.717) is 0 Å². The number of carbonyl (C=O) groups excluding carboxylic acids is 1. The minimum Gasteiger partial charge on any atom is -0.335 e. The Morgan fingerprint density at radius 1 is 1.26 bits per heavy atom. The van der Waals surface area contributed by atoms with E-state index in [0.717, 1.165) is 49.9 Å². The van der Waals surface area contributed by atoms with Gasteiger partial charge in [0.25, 0.3) is 0 Å². The molecule has 1 aliphatic heterocycles. The molecule has 0 saturated carbocycles. The predicted molar refractivity (Wildman–Crippen MR) is 93.5 cm³/mol. The highest BCUT2D eigenvalue weighted by Crippen LogP contribution is 2.24. The maximum absolute atomic E-state index is 12.4. The Morgan fingerprint density at radius 3 is 2.35 bits per heavy atom. The van der Waals surface area contributed by atoms with Crippen LogP contribution < -0.4 is 5.32 Å². The van der Waals surface area contributed by atoms with Gasteiger partial charge in [-0.05, 0) is 57.4 Å². The van der Waals surface area contributed by atoms with Crippen molar-refractivity contribution < 1.29 is 4.79 Å². The van der Waals surface area contributed by atoms with Gasteiger partial charge in [-0.2, -0.15) is 5.10 Å². The van der Waals surface area contributed by atoms with Crippen molar-refractivity contribution in [3.8, 4) is 0 Å². The second-order valence-corrected chi connectivity index (χ2v) is 7.40. The van der Waals surface area contributed by atoms with Gasteiger partial charge in [-0.3, -0.25) is 4.68 Å². The topological polar surface area (TPSA) is 50.2 Å². The zero-order valence-corrected chi connectivity index (χ0v) is 15.5. The van der Waals surface area contributed by atoms with Crippen LogP contribution in [0.15, 0.2) is 0 Å². The number of hydrogen-bond acceptors (Lipinski definition) is 2. The number of nitrogens with one attached hydrogen (secondary N) is 1. The smallest absolute Gasteiger partial charge is 0.317 e. The van der Waals surface area contributed by atoms with E-state index in [9.17, 15) is 4.79 Å². The molecule has 2 amide bonds. The van der Waals surface area contributed by atoms with Gasteiger partial charge in [0.05, 0.1) is 5.69 Å². The highest BCUT2D eigenvalue weighted by Gasteiger charge is 2.25. The van der Waals surface area contributed by atoms with Crippen molar-refractivity contribution in [1.29, 1.82) is 0 Å². The Morgan fingerprint density at radius 2 is 1.87 bits per heavy atom. The van der Waals surface area contributed by atoms with Crippen LogP contribution in [0.2, 0.25) is 0 Å². The monoisotopic (exact) mass is 320 g/mol. The van der Waals surface area contributed by atoms with E-state index in [1.54, 1.807) is 0 Å². The van der Waals surface area contributed by atoms with Crippen LogP contribution in [-0.4, -0.2) is 39.8 Å². The number of aromatic nitrogens is 2. The minimum atomic E-state index is 0.0823. The summed E-state index contributed by atoms with van der Waals surface area (Å²) in [4.78, 5) is 14.4. The van der Waals surface area contributed by atoms with Crippen molar-refractivity contribution >= 4 is 6.03 Å². The van der Waals surface area contributed by atoms with Crippen molar-refractivity contribution in [2.24, 2.45) is 18.9 Å². The van der Waals surface area contributed by atoms with Gasteiger partial charge in [0.1, 0.15) is 0 Å². The number of piperidine rings is 1. The molecule has 1 N–H and O–H groups in total. The van der Waals surface area contributed by atoms with Gasteiger partial charge in [-0.25, -0.2) is 4.79 Å². The van der Waals surface area contributed by atoms with E-state index in [2.05, 4.69) is 38.1 Å². The lowest BCUT2D eigenvalue weighted by Gasteiger charge is -2.34. The molecule has 0 unspecified atom stereocenters. The molecule has 0 bridgehead atoms. The molecule has 1 aliphatic rings. The lowest BCUT2D eigenvalue weighted by Crippen LogP contribution is -2.48. The van der Waals surface area contributed by atoms with Gasteiger partial charge in [0.2, 0.25) is 0 Å². The molecular formula is C18H32N4O. The summed E-state index contributed by atoms with van der Waals surface area (Å²) >= 11 is 0. The Hall–Kier alpha value is -1.52. The van der Waals surface area contributed by atoms with Gasteiger partial charge in [0.15, 0.2) is 0 Å². The maximum Gasteiger partial charge on any atom is 0.317 e. The third kappa shape index (κ3) is 4.27. The molecule has 1 aromatic rings. The summed E-state index contributed by atoms with van der Waals surface area (Å²) in [6.07, 6.45) is 3.08. The second-order valence-electron chi connectivity index (χ2n) is 7.40. The number of carbonyl (C=O) groups is 1. The average Bonchev–Trinajstić information content (AvgIpc) is 2.73. The summed E-state index contributed by atoms with van der Waals surface area (Å²) in [5.74, 6) is 1.48. The molecule has 0 aliphatic carbocycles. The SMILES string of the molecule is Cc1nn(C)c(C)c1C[C@H](C)NC(=O)N1CCC(C(C)C)CC1. The average molecular weight is 320 g/mol. The first-order valence-corrected chi connectivity index (χ1v) is 8.84. The van der Waals surface area contributed by atoms with E-state index in [-0.39, 0.29) is 12.1 Å². The molecule has 130 valence electrons. The number of hydrogen-bond donors (Lipinski definition) is 1. The van der Waals surface area contributed by atoms with Gasteiger partial charge in [0, 0.05) is 31.9 Å². The first-order valence-electron chi connectivity index (χ1n) is 8.84. The van der Waals surface area contributed by atoms with Crippen LogP contribution in [0.3, 0.4) is 0 Å². The number of urea groups is 1. The first-order chi connectivity index (χ1) is 10.8. The van der Waals surface area contributed by atoms with Crippen molar-refractivity contribution in [3.05, 3.63) is 17.0 Å². The maximum atomic E-state index is 12.4. The molecular weight excluding hydrogens is 288 g/mol. The third-order valence-electron chi connectivity index (χ3n) is 5.31. The highest BCUT2D eigenvalue weighted by atomic mass is 16.2. The van der Waals surface area contributed by atoms with E-state index in [4.69, 9.17) is 0 Å². The highest BCUT2D eigenvalue weighted by molar-refractivity contribution is 5.74. The van der Waals surface area contributed by atoms with Crippen LogP contribution in [-0.2, 0) is 13.5 Å². The van der Waals surface area contributed by atoms with Crippen LogP contribution in [0.25, 0.3) is 0 Å². The van der Waals surface area contributed by atoms with E-state index in [1.807, 2.05) is 23.6 Å². The van der Waals surface area contributed by atoms with E-state index < -0.39 is 0 Å². The summed E-state index contributed by atoms with van der Waals surface area (Å²) in [6, 6.07) is 0.200. The molecule has 1 aromatic heterocycles. The van der Waals surface area contributed by atoms with Gasteiger partial charge >= 0.3 is 6.03 Å². The number of amides is 2. The minimum absolute atomic E-state index is 0.0823. The van der Waals surface area contributed by atoms with Crippen molar-refractivity contribution in [3.63, 3.8) is 0 Å². The zero-order chi connectivity index (χ0) is 17.1. The number of aryl methyl sites for hydroxylation is 2. The Bertz CT molecular complexity index is 541. The molecule has 2 heterocycles. The van der Waals surface area contributed by atoms with Gasteiger partial charge in [-0.15, -0.1) is 0 Å². The fourth-order valence-corrected chi connectivity index (χ4v) is 3.54. The molecule has 1 fully saturated rings. The van der Waals surface area contributed by atoms with Crippen molar-refractivity contribution in [1.82, 2.24) is 20.0 Å². The lowest BCUT2D eigenvalue weighted by atomic mass is 9.87. The molecule has 23 heavy (non-hydrogen) atoms. The summed E-state index contributed by atoms with van der Waals surface area (Å²) in [7, 11) is 1.97. The fourth-order valence-electron chi connectivity index (χ4n) is 3.54. The molecule has 1 saturated heterocycles. The molecule has 0 aromatic carbocycles. The molecule has 5 heteroatoms. The molecule has 5 nitrogen and oxygen atoms in total. The predicted octanol–water partition coefficient (Wildman–Crippen LogP) is 3.05. The van der Waals surface area contributed by atoms with Gasteiger partial charge < -0.3 is 10.2 Å². The summed E-state index contributed by atoms with van der Waals surface area (Å²) in [5, 5.41) is 7.61. The van der Waals surface area contributed by atoms with Crippen LogP contribution in [0.4, 0.5) is 4.79 Å². The van der Waals surface area contributed by atoms with E-state index in [1.165, 1.54) is 11.3 Å². The molecule has 1 atom stereocenters. The molecule has 0 spiro atoms. The molecule has 0 radical (unpaired) electrons. The third-order valence-corrected chi connectivity index (χ3v) is 5.31. The van der Waals surface area contributed by atoms with Crippen molar-refractivity contribution in [2.45, 2.75) is 59.9 Å². The largest absolute Gasteiger partial charge is 0.335 e. The number of nitrogens with zero attached hydrogens (tertiary/aromatic N) is 3. The lowest BCUT2D eigenvalue weighted by molar-refractivity contribution is 0.154. The summed E-state index contributed by atoms with van der Waals surface area (Å²) < 4.78 is 1.91. The Kier molecular flexibility index (Phi) is 5.71. The standard InChI is InChI=1S/C18H32N4O/c1-12(2)16-7-9-22(10-8-16)18(23)19-13(3)11-17-14(4)20-21(6)15(17)5/h12-13,16H,7-11H2,1-6H3,(H,19,23)/t13-/m0/s1. The normalized spacial score (nSPS) is 17.6. The summed E-state index contributed by atoms with van der Waals surface area (Å²) in [5.41, 5.74) is 3.49. The molecule has 2 rings (SSSR count). The zero-order valence-electron chi connectivity index (χ0n) is 15.5. The second kappa shape index (κ2) is 7.37. The van der Waals surface area contributed by atoms with Crippen LogP contribution >= 0.6 is 0 Å². The summed E-state index contributed by atoms with van der Waals surface area (Å²) in [6.45, 7) is 12.5. The number of rotatable bonds is 4. The first kappa shape index (κ1) is 17.8. The van der Waals surface area contributed by atoms with Crippen LogP contribution in [0.5, 0.6) is 0 Å². The van der Waals surface area contributed by atoms with Crippen molar-refractivity contribution in [2.75, 3.05) is 13.1 Å². The van der Waals surface area contributed by atoms with Gasteiger partial charge in [-0.1, -0.05) is 13.8 Å². The Labute approximate surface area is 140 Å². The Balaban J connectivity index is 1.86. The van der Waals surface area contributed by atoms with E-state index >= 15 is 0 Å². The quantitative estimate of drug-likeness (QED) is 0.927. The number of likely N-dealkylation sites (tertiary alicyclic amines) is 1. The fraction of sp³-hybridized carbons (Fsp3) is 0.778. The van der Waals surface area contributed by atoms with Crippen LogP contribution in [0, 0.1) is 25.7 Å².